The van der Waals surface area contributed by atoms with Crippen molar-refractivity contribution in [1.82, 2.24) is 9.80 Å². The SMILES string of the molecule is CC(=O)N(CCC(=O)Nc1ccc(OC2OC3(C(=O)O)OC(C2O)C3O)cc1)CN(C)C(=O)c1ccccc1. The average Bonchev–Trinajstić information content (AvgIpc) is 2.92. The molecule has 2 bridgehead atoms. The molecule has 3 saturated heterocycles. The lowest BCUT2D eigenvalue weighted by molar-refractivity contribution is -0.471. The minimum Gasteiger partial charge on any atom is -0.477 e. The van der Waals surface area contributed by atoms with Gasteiger partial charge in [0.2, 0.25) is 18.1 Å². The summed E-state index contributed by atoms with van der Waals surface area (Å²) in [6.45, 7) is 1.47. The zero-order chi connectivity index (χ0) is 28.3. The van der Waals surface area contributed by atoms with Crippen LogP contribution in [-0.2, 0) is 23.9 Å². The summed E-state index contributed by atoms with van der Waals surface area (Å²) in [5.41, 5.74) is 0.911. The van der Waals surface area contributed by atoms with Crippen LogP contribution in [0, 0.1) is 0 Å². The number of aliphatic hydroxyl groups is 2. The Morgan fingerprint density at radius 3 is 2.28 bits per heavy atom. The van der Waals surface area contributed by atoms with E-state index in [0.717, 1.165) is 0 Å². The van der Waals surface area contributed by atoms with Crippen LogP contribution in [0.2, 0.25) is 0 Å². The average molecular weight is 544 g/mol. The number of anilines is 1. The highest BCUT2D eigenvalue weighted by molar-refractivity contribution is 5.94. The number of carbonyl (C=O) groups is 4. The Balaban J connectivity index is 1.27. The first-order valence-electron chi connectivity index (χ1n) is 12.1. The van der Waals surface area contributed by atoms with E-state index in [4.69, 9.17) is 14.2 Å². The van der Waals surface area contributed by atoms with Crippen LogP contribution >= 0.6 is 0 Å². The van der Waals surface area contributed by atoms with Crippen LogP contribution in [0.5, 0.6) is 5.75 Å². The second kappa shape index (κ2) is 11.4. The first kappa shape index (κ1) is 28.0. The van der Waals surface area contributed by atoms with E-state index in [2.05, 4.69) is 5.32 Å². The van der Waals surface area contributed by atoms with Gasteiger partial charge in [0.15, 0.2) is 0 Å². The Morgan fingerprint density at radius 2 is 1.69 bits per heavy atom. The van der Waals surface area contributed by atoms with Crippen LogP contribution in [0.4, 0.5) is 5.69 Å². The van der Waals surface area contributed by atoms with Crippen LogP contribution in [0.1, 0.15) is 23.7 Å². The summed E-state index contributed by atoms with van der Waals surface area (Å²) in [4.78, 5) is 51.4. The fourth-order valence-electron chi connectivity index (χ4n) is 4.21. The number of amides is 3. The number of carboxylic acid groups (broad SMARTS) is 1. The van der Waals surface area contributed by atoms with Crippen molar-refractivity contribution >= 4 is 29.4 Å². The minimum atomic E-state index is -2.29. The predicted molar refractivity (Wildman–Crippen MR) is 133 cm³/mol. The van der Waals surface area contributed by atoms with Crippen molar-refractivity contribution in [2.45, 2.75) is 43.7 Å². The summed E-state index contributed by atoms with van der Waals surface area (Å²) in [6.07, 6.45) is -5.54. The maximum Gasteiger partial charge on any atom is 0.367 e. The van der Waals surface area contributed by atoms with E-state index in [9.17, 15) is 34.5 Å². The normalized spacial score (nSPS) is 25.1. The minimum absolute atomic E-state index is 0.0174. The number of nitrogens with zero attached hydrogens (tertiary/aromatic N) is 2. The van der Waals surface area contributed by atoms with Crippen LogP contribution < -0.4 is 10.1 Å². The van der Waals surface area contributed by atoms with Crippen LogP contribution in [-0.4, -0.2) is 99.5 Å². The number of fused-ring (bicyclic) bond motifs is 2. The molecule has 0 aliphatic carbocycles. The molecule has 208 valence electrons. The standard InChI is InChI=1S/C26H29N3O10/c1-15(30)29(14-28(2)23(34)16-6-4-3-5-7-16)13-12-19(31)27-17-8-10-18(11-9-17)37-24-20(32)21-22(33)26(38-21,39-24)25(35)36/h3-11,20-22,24,32-33H,12-14H2,1-2H3,(H,27,31)(H,35,36). The maximum atomic E-state index is 12.6. The second-order valence-corrected chi connectivity index (χ2v) is 9.21. The zero-order valence-corrected chi connectivity index (χ0v) is 21.2. The van der Waals surface area contributed by atoms with Crippen LogP contribution in [0.3, 0.4) is 0 Å². The van der Waals surface area contributed by atoms with Gasteiger partial charge in [-0.15, -0.1) is 0 Å². The molecular weight excluding hydrogens is 514 g/mol. The fourth-order valence-corrected chi connectivity index (χ4v) is 4.21. The number of nitrogens with one attached hydrogen (secondary N) is 1. The molecule has 2 aromatic rings. The largest absolute Gasteiger partial charge is 0.477 e. The molecule has 3 aliphatic rings. The van der Waals surface area contributed by atoms with Crippen LogP contribution in [0.25, 0.3) is 0 Å². The third kappa shape index (κ3) is 5.86. The van der Waals surface area contributed by atoms with Crippen molar-refractivity contribution in [3.63, 3.8) is 0 Å². The van der Waals surface area contributed by atoms with E-state index in [1.165, 1.54) is 41.0 Å². The number of rotatable bonds is 10. The third-order valence-corrected chi connectivity index (χ3v) is 6.41. The summed E-state index contributed by atoms with van der Waals surface area (Å²) < 4.78 is 15.7. The van der Waals surface area contributed by atoms with E-state index in [0.29, 0.717) is 11.3 Å². The molecule has 3 fully saturated rings. The van der Waals surface area contributed by atoms with Gasteiger partial charge in [0, 0.05) is 38.2 Å². The van der Waals surface area contributed by atoms with Crippen molar-refractivity contribution in [3.8, 4) is 5.75 Å². The summed E-state index contributed by atoms with van der Waals surface area (Å²) in [6, 6.07) is 14.6. The molecule has 0 saturated carbocycles. The van der Waals surface area contributed by atoms with Crippen molar-refractivity contribution < 1.29 is 48.7 Å². The predicted octanol–water partition coefficient (Wildman–Crippen LogP) is 0.230. The summed E-state index contributed by atoms with van der Waals surface area (Å²) >= 11 is 0. The number of hydrogen-bond donors (Lipinski definition) is 4. The maximum absolute atomic E-state index is 12.6. The molecule has 3 aliphatic heterocycles. The molecule has 5 atom stereocenters. The Hall–Kier alpha value is -4.04. The highest BCUT2D eigenvalue weighted by Gasteiger charge is 2.71. The van der Waals surface area contributed by atoms with E-state index in [1.54, 1.807) is 37.4 Å². The molecule has 0 spiro atoms. The number of carboxylic acids is 1. The quantitative estimate of drug-likeness (QED) is 0.304. The number of ether oxygens (including phenoxy) is 3. The van der Waals surface area contributed by atoms with Gasteiger partial charge < -0.3 is 39.9 Å². The third-order valence-electron chi connectivity index (χ3n) is 6.41. The molecule has 5 rings (SSSR count). The first-order chi connectivity index (χ1) is 18.5. The number of benzene rings is 2. The van der Waals surface area contributed by atoms with E-state index >= 15 is 0 Å². The lowest BCUT2D eigenvalue weighted by Crippen LogP contribution is -2.80. The van der Waals surface area contributed by atoms with E-state index in [-0.39, 0.29) is 43.1 Å². The van der Waals surface area contributed by atoms with E-state index < -0.39 is 36.4 Å². The Bertz CT molecular complexity index is 1220. The number of hydrogen-bond acceptors (Lipinski definition) is 9. The zero-order valence-electron chi connectivity index (χ0n) is 21.2. The van der Waals surface area contributed by atoms with Gasteiger partial charge in [0.25, 0.3) is 5.91 Å². The van der Waals surface area contributed by atoms with Gasteiger partial charge in [-0.3, -0.25) is 19.1 Å². The highest BCUT2D eigenvalue weighted by atomic mass is 16.8. The van der Waals surface area contributed by atoms with Gasteiger partial charge >= 0.3 is 11.8 Å². The lowest BCUT2D eigenvalue weighted by Gasteiger charge is -2.56. The molecule has 13 heteroatoms. The molecule has 39 heavy (non-hydrogen) atoms. The highest BCUT2D eigenvalue weighted by Crippen LogP contribution is 2.44. The number of carbonyl (C=O) groups excluding carboxylic acids is 3. The summed E-state index contributed by atoms with van der Waals surface area (Å²) in [7, 11) is 1.58. The van der Waals surface area contributed by atoms with E-state index in [1.807, 2.05) is 0 Å². The Kier molecular flexibility index (Phi) is 8.16. The van der Waals surface area contributed by atoms with Crippen LogP contribution in [0.15, 0.2) is 54.6 Å². The van der Waals surface area contributed by atoms with Gasteiger partial charge in [-0.2, -0.15) is 0 Å². The Morgan fingerprint density at radius 1 is 1.03 bits per heavy atom. The summed E-state index contributed by atoms with van der Waals surface area (Å²) in [5, 5.41) is 32.1. The van der Waals surface area contributed by atoms with Gasteiger partial charge in [0.05, 0.1) is 6.67 Å². The molecule has 0 radical (unpaired) electrons. The molecule has 2 aromatic carbocycles. The van der Waals surface area contributed by atoms with Crippen molar-refractivity contribution in [2.75, 3.05) is 25.6 Å². The van der Waals surface area contributed by atoms with Gasteiger partial charge in [0.1, 0.15) is 24.1 Å². The smallest absolute Gasteiger partial charge is 0.367 e. The molecule has 13 nitrogen and oxygen atoms in total. The van der Waals surface area contributed by atoms with Crippen molar-refractivity contribution in [1.29, 1.82) is 0 Å². The van der Waals surface area contributed by atoms with Gasteiger partial charge in [-0.1, -0.05) is 18.2 Å². The monoisotopic (exact) mass is 543 g/mol. The molecule has 3 amide bonds. The number of aliphatic hydroxyl groups excluding tert-OH is 2. The second-order valence-electron chi connectivity index (χ2n) is 9.21. The fraction of sp³-hybridized carbons (Fsp3) is 0.385. The topological polar surface area (TPSA) is 175 Å². The van der Waals surface area contributed by atoms with Gasteiger partial charge in [-0.05, 0) is 36.4 Å². The molecule has 4 N–H and O–H groups in total. The molecule has 5 unspecified atom stereocenters. The summed E-state index contributed by atoms with van der Waals surface area (Å²) in [5.74, 6) is -4.53. The first-order valence-corrected chi connectivity index (χ1v) is 12.1. The van der Waals surface area contributed by atoms with Crippen molar-refractivity contribution in [3.05, 3.63) is 60.2 Å². The molecule has 3 heterocycles. The molecular formula is C26H29N3O10. The number of aliphatic carboxylic acids is 1. The van der Waals surface area contributed by atoms with Crippen molar-refractivity contribution in [2.24, 2.45) is 0 Å². The Labute approximate surface area is 223 Å². The molecule has 0 aromatic heterocycles. The van der Waals surface area contributed by atoms with Gasteiger partial charge in [-0.25, -0.2) is 4.79 Å². The lowest BCUT2D eigenvalue weighted by atomic mass is 9.89.